The van der Waals surface area contributed by atoms with Crippen molar-refractivity contribution >= 4 is 17.3 Å². The van der Waals surface area contributed by atoms with Gasteiger partial charge in [-0.1, -0.05) is 0 Å². The van der Waals surface area contributed by atoms with Gasteiger partial charge in [-0.05, 0) is 12.1 Å². The van der Waals surface area contributed by atoms with Crippen LogP contribution in [0.1, 0.15) is 18.4 Å². The molecule has 0 fully saturated rings. The zero-order chi connectivity index (χ0) is 18.3. The van der Waals surface area contributed by atoms with Gasteiger partial charge in [0, 0.05) is 32.6 Å². The van der Waals surface area contributed by atoms with Gasteiger partial charge in [0.1, 0.15) is 5.69 Å². The summed E-state index contributed by atoms with van der Waals surface area (Å²) in [4.78, 5) is 23.1. The zero-order valence-corrected chi connectivity index (χ0v) is 12.8. The number of nitro groups is 1. The van der Waals surface area contributed by atoms with E-state index in [0.717, 1.165) is 12.1 Å². The van der Waals surface area contributed by atoms with Gasteiger partial charge in [0.15, 0.2) is 0 Å². The van der Waals surface area contributed by atoms with E-state index in [4.69, 9.17) is 5.26 Å². The molecule has 130 valence electrons. The molecule has 1 N–H and O–H groups in total. The lowest BCUT2D eigenvalue weighted by Gasteiger charge is -2.16. The van der Waals surface area contributed by atoms with E-state index in [2.05, 4.69) is 5.32 Å². The monoisotopic (exact) mass is 344 g/mol. The molecule has 0 saturated carbocycles. The number of halogens is 3. The highest BCUT2D eigenvalue weighted by molar-refractivity contribution is 5.76. The predicted molar refractivity (Wildman–Crippen MR) is 79.1 cm³/mol. The zero-order valence-electron chi connectivity index (χ0n) is 12.8. The Morgan fingerprint density at radius 2 is 2.12 bits per heavy atom. The third-order valence-electron chi connectivity index (χ3n) is 3.16. The summed E-state index contributed by atoms with van der Waals surface area (Å²) in [5.74, 6) is -0.285. The van der Waals surface area contributed by atoms with Crippen molar-refractivity contribution in [3.05, 3.63) is 33.9 Å². The van der Waals surface area contributed by atoms with Crippen LogP contribution < -0.4 is 5.32 Å². The first kappa shape index (κ1) is 19.2. The van der Waals surface area contributed by atoms with Crippen LogP contribution in [0.4, 0.5) is 24.5 Å². The number of nitrogens with one attached hydrogen (secondary N) is 1. The molecule has 0 spiro atoms. The molecule has 0 aliphatic carbocycles. The Balaban J connectivity index is 2.73. The fourth-order valence-corrected chi connectivity index (χ4v) is 1.85. The minimum atomic E-state index is -4.68. The Kier molecular flexibility index (Phi) is 6.52. The number of carbonyl (C=O) groups is 1. The summed E-state index contributed by atoms with van der Waals surface area (Å²) in [6, 6.07) is 4.04. The first-order valence-corrected chi connectivity index (χ1v) is 6.87. The highest BCUT2D eigenvalue weighted by Gasteiger charge is 2.33. The Morgan fingerprint density at radius 3 is 2.67 bits per heavy atom. The Bertz CT molecular complexity index is 656. The third-order valence-corrected chi connectivity index (χ3v) is 3.16. The molecule has 24 heavy (non-hydrogen) atoms. The Morgan fingerprint density at radius 1 is 1.46 bits per heavy atom. The number of benzene rings is 1. The summed E-state index contributed by atoms with van der Waals surface area (Å²) >= 11 is 0. The summed E-state index contributed by atoms with van der Waals surface area (Å²) in [7, 11) is 1.51. The molecular formula is C14H15F3N4O3. The van der Waals surface area contributed by atoms with Crippen LogP contribution in [-0.4, -0.2) is 35.9 Å². The van der Waals surface area contributed by atoms with E-state index in [1.807, 2.05) is 6.07 Å². The fraction of sp³-hybridized carbons (Fsp3) is 0.429. The van der Waals surface area contributed by atoms with Crippen LogP contribution in [0.25, 0.3) is 0 Å². The van der Waals surface area contributed by atoms with E-state index in [0.29, 0.717) is 6.07 Å². The average Bonchev–Trinajstić information content (AvgIpc) is 2.51. The number of nitriles is 1. The minimum Gasteiger partial charge on any atom is -0.379 e. The number of nitro benzene ring substituents is 1. The molecule has 0 atom stereocenters. The summed E-state index contributed by atoms with van der Waals surface area (Å²) in [5.41, 5.74) is -1.93. The quantitative estimate of drug-likeness (QED) is 0.606. The van der Waals surface area contributed by atoms with Crippen LogP contribution in [-0.2, 0) is 11.0 Å². The van der Waals surface area contributed by atoms with Gasteiger partial charge in [-0.2, -0.15) is 18.4 Å². The molecule has 0 aliphatic heterocycles. The topological polar surface area (TPSA) is 99.3 Å². The lowest BCUT2D eigenvalue weighted by Crippen LogP contribution is -2.29. The lowest BCUT2D eigenvalue weighted by molar-refractivity contribution is -0.384. The maximum atomic E-state index is 12.6. The summed E-state index contributed by atoms with van der Waals surface area (Å²) in [6.45, 7) is 0.275. The van der Waals surface area contributed by atoms with E-state index >= 15 is 0 Å². The molecule has 0 unspecified atom stereocenters. The van der Waals surface area contributed by atoms with Crippen LogP contribution in [0.3, 0.4) is 0 Å². The standard InChI is InChI=1S/C14H15F3N4O3/c1-20(8-2-6-18)13(22)5-7-19-11-4-3-10(14(15,16)17)9-12(11)21(23)24/h3-4,9,19H,2,5,7-8H2,1H3. The van der Waals surface area contributed by atoms with Gasteiger partial charge in [-0.25, -0.2) is 0 Å². The molecular weight excluding hydrogens is 329 g/mol. The molecule has 0 saturated heterocycles. The largest absolute Gasteiger partial charge is 0.416 e. The summed E-state index contributed by atoms with van der Waals surface area (Å²) in [5, 5.41) is 22.0. The van der Waals surface area contributed by atoms with E-state index in [9.17, 15) is 28.1 Å². The molecule has 1 rings (SSSR count). The van der Waals surface area contributed by atoms with Gasteiger partial charge in [-0.3, -0.25) is 14.9 Å². The SMILES string of the molecule is CN(CCC#N)C(=O)CCNc1ccc(C(F)(F)F)cc1[N+](=O)[O-]. The number of amides is 1. The maximum Gasteiger partial charge on any atom is 0.416 e. The van der Waals surface area contributed by atoms with Crippen LogP contribution in [0.2, 0.25) is 0 Å². The van der Waals surface area contributed by atoms with E-state index in [1.165, 1.54) is 11.9 Å². The number of hydrogen-bond acceptors (Lipinski definition) is 5. The van der Waals surface area contributed by atoms with Crippen molar-refractivity contribution in [1.82, 2.24) is 4.90 Å². The van der Waals surface area contributed by atoms with Crippen molar-refractivity contribution in [2.24, 2.45) is 0 Å². The average molecular weight is 344 g/mol. The van der Waals surface area contributed by atoms with Crippen molar-refractivity contribution < 1.29 is 22.9 Å². The molecule has 0 aromatic heterocycles. The molecule has 10 heteroatoms. The second-order valence-corrected chi connectivity index (χ2v) is 4.89. The van der Waals surface area contributed by atoms with Gasteiger partial charge in [-0.15, -0.1) is 0 Å². The van der Waals surface area contributed by atoms with Gasteiger partial charge >= 0.3 is 6.18 Å². The van der Waals surface area contributed by atoms with Crippen LogP contribution in [0.15, 0.2) is 18.2 Å². The minimum absolute atomic E-state index is 0.0138. The number of hydrogen-bond donors (Lipinski definition) is 1. The number of alkyl halides is 3. The smallest absolute Gasteiger partial charge is 0.379 e. The van der Waals surface area contributed by atoms with Crippen molar-refractivity contribution in [2.45, 2.75) is 19.0 Å². The molecule has 1 aromatic rings. The van der Waals surface area contributed by atoms with Crippen LogP contribution in [0.5, 0.6) is 0 Å². The molecule has 0 radical (unpaired) electrons. The highest BCUT2D eigenvalue weighted by atomic mass is 19.4. The first-order valence-electron chi connectivity index (χ1n) is 6.87. The highest BCUT2D eigenvalue weighted by Crippen LogP contribution is 2.34. The number of anilines is 1. The number of rotatable bonds is 7. The second-order valence-electron chi connectivity index (χ2n) is 4.89. The first-order chi connectivity index (χ1) is 11.2. The van der Waals surface area contributed by atoms with Crippen LogP contribution in [0, 0.1) is 21.4 Å². The normalized spacial score (nSPS) is 10.8. The van der Waals surface area contributed by atoms with Gasteiger partial charge in [0.2, 0.25) is 5.91 Å². The molecule has 0 heterocycles. The summed E-state index contributed by atoms with van der Waals surface area (Å²) in [6.07, 6.45) is -4.51. The lowest BCUT2D eigenvalue weighted by atomic mass is 10.1. The summed E-state index contributed by atoms with van der Waals surface area (Å²) < 4.78 is 37.8. The molecule has 1 amide bonds. The molecule has 7 nitrogen and oxygen atoms in total. The van der Waals surface area contributed by atoms with E-state index in [-0.39, 0.29) is 37.5 Å². The number of nitrogens with zero attached hydrogens (tertiary/aromatic N) is 3. The fourth-order valence-electron chi connectivity index (χ4n) is 1.85. The molecule has 1 aromatic carbocycles. The van der Waals surface area contributed by atoms with Gasteiger partial charge in [0.25, 0.3) is 5.69 Å². The van der Waals surface area contributed by atoms with Crippen molar-refractivity contribution in [3.8, 4) is 6.07 Å². The number of carbonyl (C=O) groups excluding carboxylic acids is 1. The van der Waals surface area contributed by atoms with E-state index in [1.54, 1.807) is 0 Å². The van der Waals surface area contributed by atoms with Crippen molar-refractivity contribution in [3.63, 3.8) is 0 Å². The second kappa shape index (κ2) is 8.14. The third kappa shape index (κ3) is 5.42. The van der Waals surface area contributed by atoms with Crippen molar-refractivity contribution in [1.29, 1.82) is 5.26 Å². The molecule has 0 aliphatic rings. The van der Waals surface area contributed by atoms with Crippen molar-refractivity contribution in [2.75, 3.05) is 25.5 Å². The van der Waals surface area contributed by atoms with Gasteiger partial charge < -0.3 is 10.2 Å². The Hall–Kier alpha value is -2.83. The Labute approximate surface area is 135 Å². The molecule has 0 bridgehead atoms. The predicted octanol–water partition coefficient (Wildman–Crippen LogP) is 2.79. The van der Waals surface area contributed by atoms with Gasteiger partial charge in [0.05, 0.1) is 23.0 Å². The van der Waals surface area contributed by atoms with E-state index < -0.39 is 22.4 Å². The van der Waals surface area contributed by atoms with Crippen LogP contribution >= 0.6 is 0 Å². The maximum absolute atomic E-state index is 12.6.